The third-order valence-electron chi connectivity index (χ3n) is 3.72. The lowest BCUT2D eigenvalue weighted by Gasteiger charge is -2.18. The molecule has 1 heterocycles. The van der Waals surface area contributed by atoms with E-state index >= 15 is 0 Å². The summed E-state index contributed by atoms with van der Waals surface area (Å²) in [6, 6.07) is 15.3. The maximum absolute atomic E-state index is 6.22. The Morgan fingerprint density at radius 1 is 1.00 bits per heavy atom. The molecule has 0 spiro atoms. The minimum absolute atomic E-state index is 0.0466. The first-order valence-electron chi connectivity index (χ1n) is 7.68. The van der Waals surface area contributed by atoms with E-state index in [1.165, 1.54) is 6.33 Å². The zero-order valence-electron chi connectivity index (χ0n) is 13.5. The molecule has 0 aliphatic carbocycles. The van der Waals surface area contributed by atoms with Crippen LogP contribution in [0.25, 0.3) is 0 Å². The van der Waals surface area contributed by atoms with Gasteiger partial charge in [0.2, 0.25) is 0 Å². The number of nitrogens with zero attached hydrogens (tertiary/aromatic N) is 2. The monoisotopic (exact) mass is 373 g/mol. The van der Waals surface area contributed by atoms with Gasteiger partial charge in [0.25, 0.3) is 0 Å². The van der Waals surface area contributed by atoms with E-state index in [-0.39, 0.29) is 6.04 Å². The Labute approximate surface area is 156 Å². The van der Waals surface area contributed by atoms with Gasteiger partial charge in [-0.1, -0.05) is 53.5 Å². The molecule has 1 atom stereocenters. The highest BCUT2D eigenvalue weighted by Crippen LogP contribution is 2.32. The van der Waals surface area contributed by atoms with Crippen molar-refractivity contribution in [1.82, 2.24) is 9.97 Å². The zero-order chi connectivity index (χ0) is 17.8. The number of aromatic nitrogens is 2. The standard InChI is InChI=1S/C18H17Cl2N5/c1-11(12-5-3-2-4-6-12)24-17-16(21)18(23-10-22-17)25-15-8-7-13(19)9-14(15)20/h2-11H,21H2,1H3,(H2,22,23,24,25). The highest BCUT2D eigenvalue weighted by molar-refractivity contribution is 6.36. The van der Waals surface area contributed by atoms with Crippen molar-refractivity contribution in [2.24, 2.45) is 0 Å². The zero-order valence-corrected chi connectivity index (χ0v) is 15.0. The van der Waals surface area contributed by atoms with Gasteiger partial charge in [0.15, 0.2) is 11.6 Å². The van der Waals surface area contributed by atoms with Crippen molar-refractivity contribution in [2.75, 3.05) is 16.4 Å². The largest absolute Gasteiger partial charge is 0.393 e. The molecule has 0 radical (unpaired) electrons. The maximum atomic E-state index is 6.22. The van der Waals surface area contributed by atoms with Gasteiger partial charge in [-0.3, -0.25) is 0 Å². The van der Waals surface area contributed by atoms with E-state index in [1.807, 2.05) is 37.3 Å². The molecule has 5 nitrogen and oxygen atoms in total. The SMILES string of the molecule is CC(Nc1ncnc(Nc2ccc(Cl)cc2Cl)c1N)c1ccccc1. The summed E-state index contributed by atoms with van der Waals surface area (Å²) >= 11 is 12.1. The van der Waals surface area contributed by atoms with Gasteiger partial charge in [-0.25, -0.2) is 9.97 Å². The molecular weight excluding hydrogens is 357 g/mol. The fraction of sp³-hybridized carbons (Fsp3) is 0.111. The fourth-order valence-corrected chi connectivity index (χ4v) is 2.81. The molecule has 0 saturated heterocycles. The molecule has 0 saturated carbocycles. The van der Waals surface area contributed by atoms with E-state index in [0.717, 1.165) is 5.56 Å². The van der Waals surface area contributed by atoms with E-state index in [0.29, 0.717) is 33.1 Å². The van der Waals surface area contributed by atoms with Crippen LogP contribution in [0.3, 0.4) is 0 Å². The predicted molar refractivity (Wildman–Crippen MR) is 105 cm³/mol. The summed E-state index contributed by atoms with van der Waals surface area (Å²) in [5.41, 5.74) is 8.43. The molecule has 1 aromatic heterocycles. The lowest BCUT2D eigenvalue weighted by molar-refractivity contribution is 0.873. The van der Waals surface area contributed by atoms with Crippen molar-refractivity contribution < 1.29 is 0 Å². The van der Waals surface area contributed by atoms with Crippen LogP contribution in [0.4, 0.5) is 23.0 Å². The molecule has 3 rings (SSSR count). The van der Waals surface area contributed by atoms with Crippen molar-refractivity contribution in [3.8, 4) is 0 Å². The third-order valence-corrected chi connectivity index (χ3v) is 4.27. The average molecular weight is 374 g/mol. The van der Waals surface area contributed by atoms with E-state index in [1.54, 1.807) is 18.2 Å². The van der Waals surface area contributed by atoms with Crippen LogP contribution in [0.2, 0.25) is 10.0 Å². The molecule has 1 unspecified atom stereocenters. The number of nitrogens with two attached hydrogens (primary N) is 1. The normalized spacial score (nSPS) is 11.8. The molecule has 0 aliphatic rings. The van der Waals surface area contributed by atoms with Crippen LogP contribution in [0.1, 0.15) is 18.5 Å². The van der Waals surface area contributed by atoms with Crippen LogP contribution >= 0.6 is 23.2 Å². The number of nitrogens with one attached hydrogen (secondary N) is 2. The maximum Gasteiger partial charge on any atom is 0.159 e. The molecule has 128 valence electrons. The Morgan fingerprint density at radius 2 is 1.72 bits per heavy atom. The Kier molecular flexibility index (Phi) is 5.26. The first-order chi connectivity index (χ1) is 12.0. The second-order valence-electron chi connectivity index (χ2n) is 5.51. The number of rotatable bonds is 5. The summed E-state index contributed by atoms with van der Waals surface area (Å²) < 4.78 is 0. The number of anilines is 4. The molecule has 7 heteroatoms. The van der Waals surface area contributed by atoms with Gasteiger partial charge in [-0.2, -0.15) is 0 Å². The predicted octanol–water partition coefficient (Wildman–Crippen LogP) is 5.28. The molecule has 4 N–H and O–H groups in total. The van der Waals surface area contributed by atoms with Gasteiger partial charge < -0.3 is 16.4 Å². The molecule has 0 amide bonds. The summed E-state index contributed by atoms with van der Waals surface area (Å²) in [6.07, 6.45) is 1.45. The Morgan fingerprint density at radius 3 is 2.44 bits per heavy atom. The number of hydrogen-bond acceptors (Lipinski definition) is 5. The smallest absolute Gasteiger partial charge is 0.159 e. The highest BCUT2D eigenvalue weighted by Gasteiger charge is 2.13. The van der Waals surface area contributed by atoms with Crippen molar-refractivity contribution >= 4 is 46.2 Å². The lowest BCUT2D eigenvalue weighted by atomic mass is 10.1. The van der Waals surface area contributed by atoms with Gasteiger partial charge in [0.1, 0.15) is 12.0 Å². The molecule has 0 fully saturated rings. The fourth-order valence-electron chi connectivity index (χ4n) is 2.36. The molecule has 0 aliphatic heterocycles. The van der Waals surface area contributed by atoms with E-state index in [9.17, 15) is 0 Å². The number of halogens is 2. The Hall–Kier alpha value is -2.50. The lowest BCUT2D eigenvalue weighted by Crippen LogP contribution is -2.11. The second-order valence-corrected chi connectivity index (χ2v) is 6.35. The highest BCUT2D eigenvalue weighted by atomic mass is 35.5. The van der Waals surface area contributed by atoms with Crippen LogP contribution in [0.15, 0.2) is 54.9 Å². The van der Waals surface area contributed by atoms with Crippen LogP contribution in [-0.4, -0.2) is 9.97 Å². The van der Waals surface area contributed by atoms with Gasteiger partial charge >= 0.3 is 0 Å². The summed E-state index contributed by atoms with van der Waals surface area (Å²) in [6.45, 7) is 2.04. The minimum Gasteiger partial charge on any atom is -0.393 e. The third kappa shape index (κ3) is 4.13. The van der Waals surface area contributed by atoms with Gasteiger partial charge in [-0.05, 0) is 30.7 Å². The first kappa shape index (κ1) is 17.3. The van der Waals surface area contributed by atoms with Crippen molar-refractivity contribution in [2.45, 2.75) is 13.0 Å². The van der Waals surface area contributed by atoms with Crippen molar-refractivity contribution in [3.63, 3.8) is 0 Å². The van der Waals surface area contributed by atoms with E-state index < -0.39 is 0 Å². The van der Waals surface area contributed by atoms with Gasteiger partial charge in [0.05, 0.1) is 16.8 Å². The molecule has 0 bridgehead atoms. The van der Waals surface area contributed by atoms with Crippen LogP contribution < -0.4 is 16.4 Å². The molecule has 25 heavy (non-hydrogen) atoms. The summed E-state index contributed by atoms with van der Waals surface area (Å²) in [5, 5.41) is 7.46. The van der Waals surface area contributed by atoms with Crippen LogP contribution in [0, 0.1) is 0 Å². The second kappa shape index (κ2) is 7.59. The van der Waals surface area contributed by atoms with Crippen molar-refractivity contribution in [3.05, 3.63) is 70.5 Å². The van der Waals surface area contributed by atoms with Crippen LogP contribution in [0.5, 0.6) is 0 Å². The Balaban J connectivity index is 1.82. The molecular formula is C18H17Cl2N5. The summed E-state index contributed by atoms with van der Waals surface area (Å²) in [5.74, 6) is 1.03. The average Bonchev–Trinajstić information content (AvgIpc) is 2.61. The minimum atomic E-state index is 0.0466. The first-order valence-corrected chi connectivity index (χ1v) is 8.44. The van der Waals surface area contributed by atoms with Gasteiger partial charge in [-0.15, -0.1) is 0 Å². The topological polar surface area (TPSA) is 75.9 Å². The van der Waals surface area contributed by atoms with Crippen LogP contribution in [-0.2, 0) is 0 Å². The van der Waals surface area contributed by atoms with E-state index in [4.69, 9.17) is 28.9 Å². The molecule has 2 aromatic carbocycles. The molecule has 3 aromatic rings. The summed E-state index contributed by atoms with van der Waals surface area (Å²) in [4.78, 5) is 8.44. The summed E-state index contributed by atoms with van der Waals surface area (Å²) in [7, 11) is 0. The van der Waals surface area contributed by atoms with Gasteiger partial charge in [0, 0.05) is 5.02 Å². The van der Waals surface area contributed by atoms with E-state index in [2.05, 4.69) is 20.6 Å². The number of hydrogen-bond donors (Lipinski definition) is 3. The number of benzene rings is 2. The quantitative estimate of drug-likeness (QED) is 0.566. The Bertz CT molecular complexity index is 871. The van der Waals surface area contributed by atoms with Crippen molar-refractivity contribution in [1.29, 1.82) is 0 Å². The number of nitrogen functional groups attached to an aromatic ring is 1.